The molecule has 148 valence electrons. The normalized spacial score (nSPS) is 11.2. The number of nitrogens with one attached hydrogen (secondary N) is 2. The number of esters is 1. The second-order valence-electron chi connectivity index (χ2n) is 6.07. The lowest BCUT2D eigenvalue weighted by atomic mass is 10.1. The molecule has 7 nitrogen and oxygen atoms in total. The molecule has 2 rings (SSSR count). The van der Waals surface area contributed by atoms with Gasteiger partial charge in [-0.3, -0.25) is 14.4 Å². The van der Waals surface area contributed by atoms with Crippen molar-refractivity contribution in [3.8, 4) is 5.75 Å². The number of hydrogen-bond acceptors (Lipinski definition) is 5. The average Bonchev–Trinajstić information content (AvgIpc) is 2.72. The van der Waals surface area contributed by atoms with Crippen LogP contribution in [0.15, 0.2) is 54.6 Å². The minimum absolute atomic E-state index is 0.0393. The van der Waals surface area contributed by atoms with Gasteiger partial charge in [-0.15, -0.1) is 0 Å². The topological polar surface area (TPSA) is 93.7 Å². The molecule has 0 saturated carbocycles. The van der Waals surface area contributed by atoms with Gasteiger partial charge in [0.1, 0.15) is 5.75 Å². The zero-order chi connectivity index (χ0) is 20.4. The molecule has 0 spiro atoms. The van der Waals surface area contributed by atoms with Gasteiger partial charge in [0.2, 0.25) is 0 Å². The summed E-state index contributed by atoms with van der Waals surface area (Å²) in [4.78, 5) is 35.8. The van der Waals surface area contributed by atoms with E-state index in [9.17, 15) is 14.4 Å². The van der Waals surface area contributed by atoms with Crippen molar-refractivity contribution in [2.45, 2.75) is 19.4 Å². The van der Waals surface area contributed by atoms with E-state index < -0.39 is 5.97 Å². The Labute approximate surface area is 164 Å². The maximum absolute atomic E-state index is 12.1. The monoisotopic (exact) mass is 384 g/mol. The SMILES string of the molecule is COc1ccccc1C(=O)NCCC(=O)OCC(=O)N[C@@H](C)c1ccccc1. The lowest BCUT2D eigenvalue weighted by molar-refractivity contribution is -0.148. The largest absolute Gasteiger partial charge is 0.496 e. The van der Waals surface area contributed by atoms with E-state index in [0.29, 0.717) is 11.3 Å². The Hall–Kier alpha value is -3.35. The zero-order valence-corrected chi connectivity index (χ0v) is 15.9. The molecule has 28 heavy (non-hydrogen) atoms. The number of carbonyl (C=O) groups excluding carboxylic acids is 3. The predicted molar refractivity (Wildman–Crippen MR) is 104 cm³/mol. The molecule has 0 fully saturated rings. The number of hydrogen-bond donors (Lipinski definition) is 2. The minimum Gasteiger partial charge on any atom is -0.496 e. The highest BCUT2D eigenvalue weighted by molar-refractivity contribution is 5.97. The number of para-hydroxylation sites is 1. The van der Waals surface area contributed by atoms with E-state index in [4.69, 9.17) is 9.47 Å². The highest BCUT2D eigenvalue weighted by Crippen LogP contribution is 2.16. The van der Waals surface area contributed by atoms with Crippen molar-refractivity contribution in [3.63, 3.8) is 0 Å². The summed E-state index contributed by atoms with van der Waals surface area (Å²) >= 11 is 0. The first-order valence-corrected chi connectivity index (χ1v) is 8.92. The van der Waals surface area contributed by atoms with Crippen molar-refractivity contribution in [2.75, 3.05) is 20.3 Å². The van der Waals surface area contributed by atoms with Gasteiger partial charge in [0.15, 0.2) is 6.61 Å². The maximum Gasteiger partial charge on any atom is 0.308 e. The molecule has 2 N–H and O–H groups in total. The van der Waals surface area contributed by atoms with Gasteiger partial charge in [0.05, 0.1) is 25.1 Å². The molecule has 1 atom stereocenters. The van der Waals surface area contributed by atoms with E-state index in [-0.39, 0.29) is 37.4 Å². The average molecular weight is 384 g/mol. The molecule has 0 aromatic heterocycles. The minimum atomic E-state index is -0.567. The third kappa shape index (κ3) is 6.42. The van der Waals surface area contributed by atoms with Crippen molar-refractivity contribution in [3.05, 3.63) is 65.7 Å². The van der Waals surface area contributed by atoms with Gasteiger partial charge in [0, 0.05) is 6.54 Å². The molecular formula is C21H24N2O5. The summed E-state index contributed by atoms with van der Waals surface area (Å²) in [7, 11) is 1.48. The Morgan fingerprint density at radius 3 is 2.39 bits per heavy atom. The number of ether oxygens (including phenoxy) is 2. The fourth-order valence-corrected chi connectivity index (χ4v) is 2.53. The molecule has 0 aliphatic rings. The third-order valence-electron chi connectivity index (χ3n) is 4.01. The van der Waals surface area contributed by atoms with E-state index in [1.165, 1.54) is 7.11 Å². The highest BCUT2D eigenvalue weighted by Gasteiger charge is 2.14. The molecule has 0 bridgehead atoms. The summed E-state index contributed by atoms with van der Waals surface area (Å²) in [6, 6.07) is 16.1. The number of benzene rings is 2. The lowest BCUT2D eigenvalue weighted by Crippen LogP contribution is -2.32. The fourth-order valence-electron chi connectivity index (χ4n) is 2.53. The van der Waals surface area contributed by atoms with Crippen LogP contribution in [0.5, 0.6) is 5.75 Å². The summed E-state index contributed by atoms with van der Waals surface area (Å²) in [6.45, 7) is 1.58. The first-order valence-electron chi connectivity index (χ1n) is 8.92. The standard InChI is InChI=1S/C21H24N2O5/c1-15(16-8-4-3-5-9-16)23-19(24)14-28-20(25)12-13-22-21(26)17-10-6-7-11-18(17)27-2/h3-11,15H,12-14H2,1-2H3,(H,22,26)(H,23,24)/t15-/m0/s1. The fraction of sp³-hybridized carbons (Fsp3) is 0.286. The van der Waals surface area contributed by atoms with Gasteiger partial charge in [-0.25, -0.2) is 0 Å². The predicted octanol–water partition coefficient (Wildman–Crippen LogP) is 2.24. The van der Waals surface area contributed by atoms with Crippen LogP contribution in [0.1, 0.15) is 35.3 Å². The second kappa shape index (κ2) is 10.7. The van der Waals surface area contributed by atoms with Gasteiger partial charge >= 0.3 is 5.97 Å². The second-order valence-corrected chi connectivity index (χ2v) is 6.07. The van der Waals surface area contributed by atoms with Crippen LogP contribution in [0.3, 0.4) is 0 Å². The molecule has 2 aromatic rings. The van der Waals surface area contributed by atoms with Crippen LogP contribution >= 0.6 is 0 Å². The van der Waals surface area contributed by atoms with Crippen molar-refractivity contribution in [2.24, 2.45) is 0 Å². The van der Waals surface area contributed by atoms with Crippen molar-refractivity contribution >= 4 is 17.8 Å². The maximum atomic E-state index is 12.1. The van der Waals surface area contributed by atoms with Gasteiger partial charge in [-0.05, 0) is 24.6 Å². The van der Waals surface area contributed by atoms with Gasteiger partial charge in [0.25, 0.3) is 11.8 Å². The van der Waals surface area contributed by atoms with Crippen molar-refractivity contribution in [1.29, 1.82) is 0 Å². The van der Waals surface area contributed by atoms with Crippen molar-refractivity contribution < 1.29 is 23.9 Å². The number of methoxy groups -OCH3 is 1. The van der Waals surface area contributed by atoms with Crippen LogP contribution in [0.4, 0.5) is 0 Å². The summed E-state index contributed by atoms with van der Waals surface area (Å²) in [5.41, 5.74) is 1.34. The zero-order valence-electron chi connectivity index (χ0n) is 15.9. The van der Waals surface area contributed by atoms with E-state index in [1.54, 1.807) is 24.3 Å². The quantitative estimate of drug-likeness (QED) is 0.647. The molecule has 0 saturated heterocycles. The van der Waals surface area contributed by atoms with Crippen LogP contribution in [-0.4, -0.2) is 38.0 Å². The Kier molecular flexibility index (Phi) is 8.02. The molecule has 0 radical (unpaired) electrons. The van der Waals surface area contributed by atoms with Gasteiger partial charge < -0.3 is 20.1 Å². The molecule has 2 aromatic carbocycles. The Balaban J connectivity index is 1.68. The van der Waals surface area contributed by atoms with Crippen LogP contribution in [-0.2, 0) is 14.3 Å². The molecule has 0 heterocycles. The third-order valence-corrected chi connectivity index (χ3v) is 4.01. The summed E-state index contributed by atoms with van der Waals surface area (Å²) in [6.07, 6.45) is -0.0393. The molecule has 7 heteroatoms. The van der Waals surface area contributed by atoms with E-state index >= 15 is 0 Å². The Morgan fingerprint density at radius 1 is 1.00 bits per heavy atom. The van der Waals surface area contributed by atoms with E-state index in [2.05, 4.69) is 10.6 Å². The van der Waals surface area contributed by atoms with E-state index in [1.807, 2.05) is 37.3 Å². The molecule has 0 unspecified atom stereocenters. The molecular weight excluding hydrogens is 360 g/mol. The van der Waals surface area contributed by atoms with Gasteiger partial charge in [-0.2, -0.15) is 0 Å². The first kappa shape index (κ1) is 21.0. The number of amides is 2. The summed E-state index contributed by atoms with van der Waals surface area (Å²) < 4.78 is 10.1. The van der Waals surface area contributed by atoms with Crippen LogP contribution in [0, 0.1) is 0 Å². The number of rotatable bonds is 9. The van der Waals surface area contributed by atoms with E-state index in [0.717, 1.165) is 5.56 Å². The Bertz CT molecular complexity index is 807. The van der Waals surface area contributed by atoms with Crippen LogP contribution in [0.2, 0.25) is 0 Å². The Morgan fingerprint density at radius 2 is 1.68 bits per heavy atom. The highest BCUT2D eigenvalue weighted by atomic mass is 16.5. The molecule has 0 aliphatic carbocycles. The number of carbonyl (C=O) groups is 3. The molecule has 2 amide bonds. The van der Waals surface area contributed by atoms with Crippen molar-refractivity contribution in [1.82, 2.24) is 10.6 Å². The van der Waals surface area contributed by atoms with Crippen LogP contribution < -0.4 is 15.4 Å². The smallest absolute Gasteiger partial charge is 0.308 e. The van der Waals surface area contributed by atoms with Crippen LogP contribution in [0.25, 0.3) is 0 Å². The van der Waals surface area contributed by atoms with Gasteiger partial charge in [-0.1, -0.05) is 42.5 Å². The summed E-state index contributed by atoms with van der Waals surface area (Å²) in [5.74, 6) is -0.850. The first-order chi connectivity index (χ1) is 13.5. The lowest BCUT2D eigenvalue weighted by Gasteiger charge is -2.14. The summed E-state index contributed by atoms with van der Waals surface area (Å²) in [5, 5.41) is 5.39. The molecule has 0 aliphatic heterocycles.